The highest BCUT2D eigenvalue weighted by Gasteiger charge is 2.49. The minimum atomic E-state index is -1.28. The van der Waals surface area contributed by atoms with E-state index in [1.807, 2.05) is 6.07 Å². The molecule has 35 heavy (non-hydrogen) atoms. The van der Waals surface area contributed by atoms with Gasteiger partial charge in [0.15, 0.2) is 0 Å². The number of ether oxygens (including phenoxy) is 2. The molecule has 1 aromatic carbocycles. The predicted octanol–water partition coefficient (Wildman–Crippen LogP) is 0.960. The number of hydrogen-bond donors (Lipinski definition) is 3. The third-order valence-electron chi connectivity index (χ3n) is 7.10. The van der Waals surface area contributed by atoms with Gasteiger partial charge in [-0.25, -0.2) is 4.79 Å². The Hall–Kier alpha value is -2.95. The molecule has 1 spiro atoms. The number of piperidine rings is 1. The van der Waals surface area contributed by atoms with Crippen LogP contribution in [-0.2, 0) is 4.74 Å². The molecule has 4 rings (SSSR count). The molecule has 10 heteroatoms. The second kappa shape index (κ2) is 9.96. The fourth-order valence-corrected chi connectivity index (χ4v) is 4.88. The first-order valence-electron chi connectivity index (χ1n) is 12.0. The van der Waals surface area contributed by atoms with Crippen LogP contribution < -0.4 is 21.7 Å². The molecular weight excluding hydrogens is 452 g/mol. The van der Waals surface area contributed by atoms with Gasteiger partial charge in [0, 0.05) is 36.8 Å². The van der Waals surface area contributed by atoms with Gasteiger partial charge < -0.3 is 25.2 Å². The van der Waals surface area contributed by atoms with Gasteiger partial charge in [-0.15, -0.1) is 0 Å². The largest absolute Gasteiger partial charge is 0.494 e. The van der Waals surface area contributed by atoms with Crippen LogP contribution in [-0.4, -0.2) is 69.5 Å². The highest BCUT2D eigenvalue weighted by molar-refractivity contribution is 5.94. The molecule has 2 aliphatic heterocycles. The molecule has 0 bridgehead atoms. The SMILES string of the molecule is Cc1cn([C@H]2CC3(CCN(C(=O)c4cccc(OCCCN)c4)CC3)OC[C@]2(C)O)c(=O)[nH]c1=O. The summed E-state index contributed by atoms with van der Waals surface area (Å²) < 4.78 is 13.2. The average Bonchev–Trinajstić information content (AvgIpc) is 2.84. The zero-order valence-corrected chi connectivity index (χ0v) is 20.3. The van der Waals surface area contributed by atoms with Crippen molar-refractivity contribution in [3.63, 3.8) is 0 Å². The number of benzene rings is 1. The Kier molecular flexibility index (Phi) is 7.16. The molecule has 2 aromatic rings. The molecule has 3 heterocycles. The van der Waals surface area contributed by atoms with Crippen molar-refractivity contribution >= 4 is 5.91 Å². The summed E-state index contributed by atoms with van der Waals surface area (Å²) in [5.41, 5.74) is 3.63. The lowest BCUT2D eigenvalue weighted by Crippen LogP contribution is -2.59. The Morgan fingerprint density at radius 2 is 2.06 bits per heavy atom. The molecule has 2 saturated heterocycles. The average molecular weight is 487 g/mol. The maximum Gasteiger partial charge on any atom is 0.328 e. The molecule has 2 atom stereocenters. The standard InChI is InChI=1S/C25H34N4O6/c1-17-15-29(23(32)27-21(17)30)20-14-25(35-16-24(20,2)33)7-10-28(11-8-25)22(31)18-5-3-6-19(13-18)34-12-4-9-26/h3,5-6,13,15,20,33H,4,7-12,14,16,26H2,1-2H3,(H,27,30,32)/t20-,24-/m0/s1. The van der Waals surface area contributed by atoms with E-state index in [-0.39, 0.29) is 12.5 Å². The van der Waals surface area contributed by atoms with Crippen molar-refractivity contribution in [1.82, 2.24) is 14.5 Å². The van der Waals surface area contributed by atoms with Crippen molar-refractivity contribution < 1.29 is 19.4 Å². The number of rotatable bonds is 6. The maximum atomic E-state index is 13.1. The lowest BCUT2D eigenvalue weighted by Gasteiger charge is -2.51. The summed E-state index contributed by atoms with van der Waals surface area (Å²) in [4.78, 5) is 41.6. The molecule has 0 unspecified atom stereocenters. The first-order valence-corrected chi connectivity index (χ1v) is 12.0. The van der Waals surface area contributed by atoms with Crippen LogP contribution in [0.1, 0.15) is 54.6 Å². The van der Waals surface area contributed by atoms with Crippen molar-refractivity contribution in [1.29, 1.82) is 0 Å². The summed E-state index contributed by atoms with van der Waals surface area (Å²) in [6, 6.07) is 6.58. The third kappa shape index (κ3) is 5.34. The van der Waals surface area contributed by atoms with Crippen LogP contribution in [0.25, 0.3) is 0 Å². The summed E-state index contributed by atoms with van der Waals surface area (Å²) in [7, 11) is 0. The van der Waals surface area contributed by atoms with Crippen molar-refractivity contribution in [2.24, 2.45) is 5.73 Å². The molecule has 0 aliphatic carbocycles. The van der Waals surface area contributed by atoms with Crippen LogP contribution >= 0.6 is 0 Å². The van der Waals surface area contributed by atoms with Gasteiger partial charge in [-0.05, 0) is 57.9 Å². The van der Waals surface area contributed by atoms with Crippen molar-refractivity contribution in [3.05, 3.63) is 62.4 Å². The summed E-state index contributed by atoms with van der Waals surface area (Å²) in [5.74, 6) is 0.566. The topological polar surface area (TPSA) is 140 Å². The normalized spacial score (nSPS) is 23.9. The van der Waals surface area contributed by atoms with Crippen molar-refractivity contribution in [2.75, 3.05) is 32.8 Å². The van der Waals surface area contributed by atoms with E-state index >= 15 is 0 Å². The Labute approximate surface area is 203 Å². The van der Waals surface area contributed by atoms with Gasteiger partial charge in [0.05, 0.1) is 24.9 Å². The number of amides is 1. The van der Waals surface area contributed by atoms with Gasteiger partial charge >= 0.3 is 5.69 Å². The summed E-state index contributed by atoms with van der Waals surface area (Å²) in [6.45, 7) is 5.35. The van der Waals surface area contributed by atoms with E-state index in [2.05, 4.69) is 4.98 Å². The van der Waals surface area contributed by atoms with Gasteiger partial charge in [-0.2, -0.15) is 0 Å². The highest BCUT2D eigenvalue weighted by Crippen LogP contribution is 2.43. The number of aromatic amines is 1. The Bertz CT molecular complexity index is 1180. The van der Waals surface area contributed by atoms with Gasteiger partial charge in [-0.1, -0.05) is 6.07 Å². The van der Waals surface area contributed by atoms with E-state index in [9.17, 15) is 19.5 Å². The lowest BCUT2D eigenvalue weighted by atomic mass is 9.77. The van der Waals surface area contributed by atoms with Crippen molar-refractivity contribution in [2.45, 2.75) is 56.8 Å². The van der Waals surface area contributed by atoms with Crippen LogP contribution in [0.2, 0.25) is 0 Å². The number of nitrogens with zero attached hydrogens (tertiary/aromatic N) is 2. The monoisotopic (exact) mass is 486 g/mol. The Balaban J connectivity index is 1.46. The number of carbonyl (C=O) groups is 1. The third-order valence-corrected chi connectivity index (χ3v) is 7.10. The molecule has 2 aliphatic rings. The fourth-order valence-electron chi connectivity index (χ4n) is 4.88. The van der Waals surface area contributed by atoms with Crippen molar-refractivity contribution in [3.8, 4) is 5.75 Å². The summed E-state index contributed by atoms with van der Waals surface area (Å²) >= 11 is 0. The smallest absolute Gasteiger partial charge is 0.328 e. The fraction of sp³-hybridized carbons (Fsp3) is 0.560. The summed E-state index contributed by atoms with van der Waals surface area (Å²) in [6.07, 6.45) is 3.80. The second-order valence-corrected chi connectivity index (χ2v) is 9.84. The van der Waals surface area contributed by atoms with Gasteiger partial charge in [0.1, 0.15) is 11.4 Å². The van der Waals surface area contributed by atoms with E-state index in [4.69, 9.17) is 15.2 Å². The molecule has 0 saturated carbocycles. The molecule has 1 aromatic heterocycles. The van der Waals surface area contributed by atoms with E-state index in [1.165, 1.54) is 10.8 Å². The number of aromatic nitrogens is 2. The first kappa shape index (κ1) is 25.2. The van der Waals surface area contributed by atoms with Crippen LogP contribution in [0, 0.1) is 6.92 Å². The van der Waals surface area contributed by atoms with E-state index < -0.39 is 28.5 Å². The number of likely N-dealkylation sites (tertiary alicyclic amines) is 1. The van der Waals surface area contributed by atoms with Crippen LogP contribution in [0.15, 0.2) is 40.1 Å². The Morgan fingerprint density at radius 1 is 1.31 bits per heavy atom. The molecule has 4 N–H and O–H groups in total. The van der Waals surface area contributed by atoms with E-state index in [1.54, 1.807) is 36.9 Å². The molecule has 0 radical (unpaired) electrons. The van der Waals surface area contributed by atoms with Gasteiger partial charge in [-0.3, -0.25) is 19.1 Å². The first-order chi connectivity index (χ1) is 16.6. The number of nitrogens with one attached hydrogen (secondary N) is 1. The zero-order valence-electron chi connectivity index (χ0n) is 20.3. The molecule has 2 fully saturated rings. The number of hydrogen-bond acceptors (Lipinski definition) is 7. The number of carbonyl (C=O) groups excluding carboxylic acids is 1. The Morgan fingerprint density at radius 3 is 2.77 bits per heavy atom. The van der Waals surface area contributed by atoms with Crippen LogP contribution in [0.4, 0.5) is 0 Å². The minimum absolute atomic E-state index is 0.0540. The minimum Gasteiger partial charge on any atom is -0.494 e. The van der Waals surface area contributed by atoms with Crippen LogP contribution in [0.3, 0.4) is 0 Å². The predicted molar refractivity (Wildman–Crippen MR) is 130 cm³/mol. The van der Waals surface area contributed by atoms with Crippen LogP contribution in [0.5, 0.6) is 5.75 Å². The summed E-state index contributed by atoms with van der Waals surface area (Å²) in [5, 5.41) is 11.0. The van der Waals surface area contributed by atoms with Gasteiger partial charge in [0.25, 0.3) is 11.5 Å². The maximum absolute atomic E-state index is 13.1. The molecular formula is C25H34N4O6. The number of aryl methyl sites for hydroxylation is 1. The lowest BCUT2D eigenvalue weighted by molar-refractivity contribution is -0.199. The number of aliphatic hydroxyl groups is 1. The number of nitrogens with two attached hydrogens (primary N) is 1. The molecule has 190 valence electrons. The van der Waals surface area contributed by atoms with Gasteiger partial charge in [0.2, 0.25) is 0 Å². The van der Waals surface area contributed by atoms with E-state index in [0.717, 1.165) is 6.42 Å². The quantitative estimate of drug-likeness (QED) is 0.517. The number of H-pyrrole nitrogens is 1. The molecule has 1 amide bonds. The van der Waals surface area contributed by atoms with E-state index in [0.29, 0.717) is 62.4 Å². The molecule has 10 nitrogen and oxygen atoms in total. The highest BCUT2D eigenvalue weighted by atomic mass is 16.5. The zero-order chi connectivity index (χ0) is 25.2. The second-order valence-electron chi connectivity index (χ2n) is 9.84.